The summed E-state index contributed by atoms with van der Waals surface area (Å²) in [5, 5.41) is 2.63. The molecule has 0 atom stereocenters. The van der Waals surface area contributed by atoms with E-state index in [2.05, 4.69) is 20.3 Å². The minimum absolute atomic E-state index is 0.0116. The van der Waals surface area contributed by atoms with E-state index >= 15 is 0 Å². The number of aromatic nitrogens is 3. The Morgan fingerprint density at radius 3 is 2.80 bits per heavy atom. The molecule has 2 aromatic heterocycles. The number of nitrogens with one attached hydrogen (secondary N) is 2. The van der Waals surface area contributed by atoms with Gasteiger partial charge in [0.1, 0.15) is 10.8 Å². The molecule has 25 heavy (non-hydrogen) atoms. The molecule has 2 aromatic rings. The van der Waals surface area contributed by atoms with Gasteiger partial charge in [-0.3, -0.25) is 9.59 Å². The van der Waals surface area contributed by atoms with Gasteiger partial charge in [0.05, 0.1) is 0 Å². The molecular weight excluding hydrogens is 349 g/mol. The molecule has 1 saturated heterocycles. The third-order valence-electron chi connectivity index (χ3n) is 4.26. The van der Waals surface area contributed by atoms with Gasteiger partial charge in [0.25, 0.3) is 5.56 Å². The van der Waals surface area contributed by atoms with Crippen molar-refractivity contribution in [2.45, 2.75) is 12.8 Å². The van der Waals surface area contributed by atoms with Crippen molar-refractivity contribution in [3.8, 4) is 11.4 Å². The van der Waals surface area contributed by atoms with Crippen LogP contribution in [-0.4, -0.2) is 41.0 Å². The SMILES string of the molecule is CNC(=O)C1CCN(c2nc(-c3ccnc(F)c3)[nH]c(=O)c2Cl)CC1. The zero-order valence-electron chi connectivity index (χ0n) is 13.6. The van der Waals surface area contributed by atoms with E-state index in [-0.39, 0.29) is 22.7 Å². The Hall–Kier alpha value is -2.48. The topological polar surface area (TPSA) is 91.0 Å². The Morgan fingerprint density at radius 2 is 2.16 bits per heavy atom. The van der Waals surface area contributed by atoms with E-state index in [1.54, 1.807) is 13.1 Å². The molecule has 0 aliphatic carbocycles. The fraction of sp³-hybridized carbons (Fsp3) is 0.375. The molecule has 1 fully saturated rings. The minimum Gasteiger partial charge on any atom is -0.359 e. The lowest BCUT2D eigenvalue weighted by Crippen LogP contribution is -2.40. The molecule has 3 heterocycles. The van der Waals surface area contributed by atoms with Crippen molar-refractivity contribution in [2.75, 3.05) is 25.0 Å². The average Bonchev–Trinajstić information content (AvgIpc) is 2.63. The lowest BCUT2D eigenvalue weighted by Gasteiger charge is -2.32. The summed E-state index contributed by atoms with van der Waals surface area (Å²) in [7, 11) is 1.62. The second-order valence-corrected chi connectivity index (χ2v) is 6.17. The molecule has 7 nitrogen and oxygen atoms in total. The minimum atomic E-state index is -0.664. The quantitative estimate of drug-likeness (QED) is 0.806. The molecule has 132 valence electrons. The summed E-state index contributed by atoms with van der Waals surface area (Å²) >= 11 is 6.13. The van der Waals surface area contributed by atoms with Gasteiger partial charge in [0.2, 0.25) is 11.9 Å². The molecule has 2 N–H and O–H groups in total. The summed E-state index contributed by atoms with van der Waals surface area (Å²) in [5.74, 6) is -0.150. The van der Waals surface area contributed by atoms with Crippen molar-refractivity contribution in [1.82, 2.24) is 20.3 Å². The Bertz CT molecular complexity index is 849. The van der Waals surface area contributed by atoms with Crippen LogP contribution in [0.25, 0.3) is 11.4 Å². The monoisotopic (exact) mass is 365 g/mol. The highest BCUT2D eigenvalue weighted by atomic mass is 35.5. The number of nitrogens with zero attached hydrogens (tertiary/aromatic N) is 3. The Labute approximate surface area is 148 Å². The van der Waals surface area contributed by atoms with Gasteiger partial charge >= 0.3 is 0 Å². The first-order valence-corrected chi connectivity index (χ1v) is 8.25. The molecule has 0 radical (unpaired) electrons. The zero-order chi connectivity index (χ0) is 18.0. The van der Waals surface area contributed by atoms with Crippen LogP contribution in [0.4, 0.5) is 10.2 Å². The number of piperidine rings is 1. The van der Waals surface area contributed by atoms with Crippen LogP contribution in [0.3, 0.4) is 0 Å². The molecule has 3 rings (SSSR count). The van der Waals surface area contributed by atoms with Crippen molar-refractivity contribution >= 4 is 23.3 Å². The molecule has 1 aliphatic heterocycles. The number of carbonyl (C=O) groups is 1. The predicted molar refractivity (Wildman–Crippen MR) is 92.1 cm³/mol. The zero-order valence-corrected chi connectivity index (χ0v) is 14.3. The number of amides is 1. The number of H-pyrrole nitrogens is 1. The fourth-order valence-corrected chi connectivity index (χ4v) is 3.11. The Morgan fingerprint density at radius 1 is 1.44 bits per heavy atom. The molecule has 1 amide bonds. The third kappa shape index (κ3) is 3.63. The van der Waals surface area contributed by atoms with Crippen LogP contribution < -0.4 is 15.8 Å². The average molecular weight is 366 g/mol. The largest absolute Gasteiger partial charge is 0.359 e. The summed E-state index contributed by atoms with van der Waals surface area (Å²) in [6, 6.07) is 2.74. The van der Waals surface area contributed by atoms with Gasteiger partial charge in [-0.25, -0.2) is 9.97 Å². The number of hydrogen-bond donors (Lipinski definition) is 2. The predicted octanol–water partition coefficient (Wildman–Crippen LogP) is 1.59. The molecular formula is C16H17ClFN5O2. The Kier molecular flexibility index (Phi) is 4.98. The summed E-state index contributed by atoms with van der Waals surface area (Å²) in [5.41, 5.74) is -0.0879. The van der Waals surface area contributed by atoms with Crippen molar-refractivity contribution in [1.29, 1.82) is 0 Å². The highest BCUT2D eigenvalue weighted by Gasteiger charge is 2.27. The van der Waals surface area contributed by atoms with E-state index < -0.39 is 11.5 Å². The van der Waals surface area contributed by atoms with Gasteiger partial charge < -0.3 is 15.2 Å². The van der Waals surface area contributed by atoms with E-state index in [0.29, 0.717) is 37.3 Å². The summed E-state index contributed by atoms with van der Waals surface area (Å²) in [6.07, 6.45) is 2.58. The standard InChI is InChI=1S/C16H17ClFN5O2/c1-19-15(24)9-3-6-23(7-4-9)14-12(17)16(25)22-13(21-14)10-2-5-20-11(18)8-10/h2,5,8-9H,3-4,6-7H2,1H3,(H,19,24)(H,21,22,25). The summed E-state index contributed by atoms with van der Waals surface area (Å²) < 4.78 is 13.3. The van der Waals surface area contributed by atoms with Crippen molar-refractivity contribution in [2.24, 2.45) is 5.92 Å². The van der Waals surface area contributed by atoms with Crippen LogP contribution in [0.15, 0.2) is 23.1 Å². The van der Waals surface area contributed by atoms with E-state index in [1.807, 2.05) is 4.90 Å². The maximum absolute atomic E-state index is 13.3. The first-order chi connectivity index (χ1) is 12.0. The second-order valence-electron chi connectivity index (χ2n) is 5.79. The van der Waals surface area contributed by atoms with Gasteiger partial charge in [-0.2, -0.15) is 4.39 Å². The number of hydrogen-bond acceptors (Lipinski definition) is 5. The highest BCUT2D eigenvalue weighted by molar-refractivity contribution is 6.32. The first kappa shape index (κ1) is 17.3. The maximum Gasteiger partial charge on any atom is 0.272 e. The van der Waals surface area contributed by atoms with Gasteiger partial charge in [-0.1, -0.05) is 11.6 Å². The third-order valence-corrected chi connectivity index (χ3v) is 4.60. The lowest BCUT2D eigenvalue weighted by atomic mass is 9.96. The van der Waals surface area contributed by atoms with Crippen LogP contribution in [0.2, 0.25) is 5.02 Å². The number of pyridine rings is 1. The highest BCUT2D eigenvalue weighted by Crippen LogP contribution is 2.27. The number of aromatic amines is 1. The van der Waals surface area contributed by atoms with Crippen LogP contribution in [0.1, 0.15) is 12.8 Å². The molecule has 1 aliphatic rings. The first-order valence-electron chi connectivity index (χ1n) is 7.88. The van der Waals surface area contributed by atoms with E-state index in [0.717, 1.165) is 0 Å². The number of rotatable bonds is 3. The molecule has 0 saturated carbocycles. The lowest BCUT2D eigenvalue weighted by molar-refractivity contribution is -0.125. The van der Waals surface area contributed by atoms with Crippen molar-refractivity contribution in [3.05, 3.63) is 39.7 Å². The second kappa shape index (κ2) is 7.18. The van der Waals surface area contributed by atoms with Crippen LogP contribution in [-0.2, 0) is 4.79 Å². The normalized spacial score (nSPS) is 15.2. The summed E-state index contributed by atoms with van der Waals surface area (Å²) in [6.45, 7) is 1.11. The summed E-state index contributed by atoms with van der Waals surface area (Å²) in [4.78, 5) is 36.2. The van der Waals surface area contributed by atoms with E-state index in [9.17, 15) is 14.0 Å². The van der Waals surface area contributed by atoms with E-state index in [1.165, 1.54) is 12.3 Å². The van der Waals surface area contributed by atoms with Gasteiger partial charge in [0, 0.05) is 43.9 Å². The maximum atomic E-state index is 13.3. The van der Waals surface area contributed by atoms with Gasteiger partial charge in [-0.05, 0) is 18.9 Å². The van der Waals surface area contributed by atoms with E-state index in [4.69, 9.17) is 11.6 Å². The molecule has 9 heteroatoms. The Balaban J connectivity index is 1.90. The molecule has 0 spiro atoms. The molecule has 0 aromatic carbocycles. The number of anilines is 1. The van der Waals surface area contributed by atoms with Crippen LogP contribution >= 0.6 is 11.6 Å². The van der Waals surface area contributed by atoms with Gasteiger partial charge in [-0.15, -0.1) is 0 Å². The van der Waals surface area contributed by atoms with Crippen molar-refractivity contribution in [3.63, 3.8) is 0 Å². The number of halogens is 2. The molecule has 0 unspecified atom stereocenters. The van der Waals surface area contributed by atoms with Crippen molar-refractivity contribution < 1.29 is 9.18 Å². The molecule has 0 bridgehead atoms. The van der Waals surface area contributed by atoms with Crippen LogP contribution in [0.5, 0.6) is 0 Å². The smallest absolute Gasteiger partial charge is 0.272 e. The number of carbonyl (C=O) groups excluding carboxylic acids is 1. The van der Waals surface area contributed by atoms with Crippen LogP contribution in [0, 0.1) is 11.9 Å². The van der Waals surface area contributed by atoms with Gasteiger partial charge in [0.15, 0.2) is 5.82 Å². The fourth-order valence-electron chi connectivity index (χ4n) is 2.90.